The summed E-state index contributed by atoms with van der Waals surface area (Å²) in [5, 5.41) is 4.91. The van der Waals surface area contributed by atoms with Crippen molar-refractivity contribution in [3.63, 3.8) is 0 Å². The molecule has 17 heavy (non-hydrogen) atoms. The Kier molecular flexibility index (Phi) is 6.18. The van der Waals surface area contributed by atoms with Crippen molar-refractivity contribution in [2.75, 3.05) is 13.7 Å². The summed E-state index contributed by atoms with van der Waals surface area (Å²) in [7, 11) is 1.60. The maximum atomic E-state index is 11.7. The number of nitrogens with one attached hydrogen (secondary N) is 1. The topological polar surface area (TPSA) is 64.4 Å². The molecule has 0 aliphatic rings. The van der Waals surface area contributed by atoms with Gasteiger partial charge >= 0.3 is 0 Å². The third kappa shape index (κ3) is 4.46. The monoisotopic (exact) mass is 256 g/mol. The molecule has 0 bridgehead atoms. The van der Waals surface area contributed by atoms with E-state index in [0.717, 1.165) is 6.42 Å². The molecule has 96 valence electrons. The first kappa shape index (κ1) is 14.2. The molecule has 5 heteroatoms. The summed E-state index contributed by atoms with van der Waals surface area (Å²) in [6.45, 7) is 3.19. The van der Waals surface area contributed by atoms with Crippen LogP contribution in [0.5, 0.6) is 0 Å². The number of aryl methyl sites for hydroxylation is 1. The van der Waals surface area contributed by atoms with Crippen molar-refractivity contribution in [3.8, 4) is 0 Å². The van der Waals surface area contributed by atoms with Gasteiger partial charge in [-0.2, -0.15) is 0 Å². The molecule has 0 aliphatic heterocycles. The Morgan fingerprint density at radius 3 is 3.06 bits per heavy atom. The van der Waals surface area contributed by atoms with Crippen molar-refractivity contribution in [2.24, 2.45) is 5.73 Å². The Labute approximate surface area is 106 Å². The summed E-state index contributed by atoms with van der Waals surface area (Å²) in [5.74, 6) is -0.113. The molecule has 0 fully saturated rings. The van der Waals surface area contributed by atoms with Gasteiger partial charge in [0, 0.05) is 18.6 Å². The first-order valence-corrected chi connectivity index (χ1v) is 6.64. The Morgan fingerprint density at radius 2 is 2.41 bits per heavy atom. The van der Waals surface area contributed by atoms with Crippen molar-refractivity contribution in [1.82, 2.24) is 5.32 Å². The van der Waals surface area contributed by atoms with E-state index in [4.69, 9.17) is 10.5 Å². The molecular weight excluding hydrogens is 236 g/mol. The molecule has 1 atom stereocenters. The average molecular weight is 256 g/mol. The number of methoxy groups -OCH3 is 1. The Hall–Kier alpha value is -0.910. The third-order valence-electron chi connectivity index (χ3n) is 2.61. The van der Waals surface area contributed by atoms with E-state index in [1.165, 1.54) is 10.4 Å². The van der Waals surface area contributed by atoms with Crippen LogP contribution < -0.4 is 11.1 Å². The number of hydrogen-bond acceptors (Lipinski definition) is 4. The Bertz CT molecular complexity index is 352. The van der Waals surface area contributed by atoms with Gasteiger partial charge in [-0.15, -0.1) is 11.3 Å². The normalized spacial score (nSPS) is 12.4. The van der Waals surface area contributed by atoms with E-state index in [1.54, 1.807) is 18.4 Å². The van der Waals surface area contributed by atoms with E-state index in [1.807, 2.05) is 5.38 Å². The first-order valence-electron chi connectivity index (χ1n) is 5.76. The highest BCUT2D eigenvalue weighted by atomic mass is 32.1. The predicted octanol–water partition coefficient (Wildman–Crippen LogP) is 1.29. The van der Waals surface area contributed by atoms with Crippen LogP contribution in [0.15, 0.2) is 11.4 Å². The van der Waals surface area contributed by atoms with Gasteiger partial charge in [0.25, 0.3) is 0 Å². The molecular formula is C12H20N2O2S. The highest BCUT2D eigenvalue weighted by molar-refractivity contribution is 7.10. The van der Waals surface area contributed by atoms with Crippen LogP contribution in [-0.2, 0) is 22.5 Å². The van der Waals surface area contributed by atoms with Crippen LogP contribution in [0.1, 0.15) is 23.8 Å². The van der Waals surface area contributed by atoms with E-state index < -0.39 is 6.04 Å². The lowest BCUT2D eigenvalue weighted by Crippen LogP contribution is -2.40. The highest BCUT2D eigenvalue weighted by Gasteiger charge is 2.13. The number of carbonyl (C=O) groups is 1. The molecule has 1 unspecified atom stereocenters. The molecule has 0 aliphatic carbocycles. The predicted molar refractivity (Wildman–Crippen MR) is 70.0 cm³/mol. The first-order chi connectivity index (χ1) is 8.19. The van der Waals surface area contributed by atoms with E-state index in [2.05, 4.69) is 18.3 Å². The summed E-state index contributed by atoms with van der Waals surface area (Å²) < 4.78 is 4.89. The Balaban J connectivity index is 2.37. The van der Waals surface area contributed by atoms with Crippen LogP contribution in [0.3, 0.4) is 0 Å². The third-order valence-corrected chi connectivity index (χ3v) is 3.57. The van der Waals surface area contributed by atoms with Gasteiger partial charge in [0.1, 0.15) is 0 Å². The van der Waals surface area contributed by atoms with Crippen LogP contribution in [0.4, 0.5) is 0 Å². The van der Waals surface area contributed by atoms with Crippen LogP contribution in [0.25, 0.3) is 0 Å². The second-order valence-electron chi connectivity index (χ2n) is 3.83. The highest BCUT2D eigenvalue weighted by Crippen LogP contribution is 2.16. The molecule has 0 radical (unpaired) electrons. The van der Waals surface area contributed by atoms with Gasteiger partial charge in [0.2, 0.25) is 5.91 Å². The van der Waals surface area contributed by atoms with Gasteiger partial charge in [-0.25, -0.2) is 0 Å². The number of rotatable bonds is 7. The summed E-state index contributed by atoms with van der Waals surface area (Å²) in [6.07, 6.45) is 1.54. The Morgan fingerprint density at radius 1 is 1.65 bits per heavy atom. The molecule has 1 heterocycles. The minimum absolute atomic E-state index is 0.113. The molecule has 0 saturated heterocycles. The maximum Gasteiger partial charge on any atom is 0.237 e. The second kappa shape index (κ2) is 7.42. The lowest BCUT2D eigenvalue weighted by atomic mass is 10.2. The van der Waals surface area contributed by atoms with Crippen LogP contribution in [0.2, 0.25) is 0 Å². The average Bonchev–Trinajstić information content (AvgIpc) is 2.80. The zero-order chi connectivity index (χ0) is 12.7. The van der Waals surface area contributed by atoms with Gasteiger partial charge < -0.3 is 15.8 Å². The molecule has 3 N–H and O–H groups in total. The van der Waals surface area contributed by atoms with Crippen LogP contribution >= 0.6 is 11.3 Å². The summed E-state index contributed by atoms with van der Waals surface area (Å²) in [5.41, 5.74) is 7.02. The number of thiophene rings is 1. The standard InChI is InChI=1S/C12H20N2O2S/c1-3-9-5-7-17-11(9)8-14-12(15)10(13)4-6-16-2/h5,7,10H,3-4,6,8,13H2,1-2H3,(H,14,15). The van der Waals surface area contributed by atoms with Crippen LogP contribution in [0, 0.1) is 0 Å². The molecule has 0 aromatic carbocycles. The van der Waals surface area contributed by atoms with Crippen molar-refractivity contribution in [2.45, 2.75) is 32.4 Å². The van der Waals surface area contributed by atoms with Crippen molar-refractivity contribution in [1.29, 1.82) is 0 Å². The van der Waals surface area contributed by atoms with Crippen molar-refractivity contribution in [3.05, 3.63) is 21.9 Å². The molecule has 0 spiro atoms. The van der Waals surface area contributed by atoms with Gasteiger partial charge in [-0.1, -0.05) is 6.92 Å². The van der Waals surface area contributed by atoms with E-state index in [9.17, 15) is 4.79 Å². The molecule has 0 saturated carbocycles. The molecule has 1 rings (SSSR count). The van der Waals surface area contributed by atoms with E-state index in [-0.39, 0.29) is 5.91 Å². The fourth-order valence-electron chi connectivity index (χ4n) is 1.51. The van der Waals surface area contributed by atoms with Crippen molar-refractivity contribution >= 4 is 17.2 Å². The van der Waals surface area contributed by atoms with Gasteiger partial charge in [0.15, 0.2) is 0 Å². The second-order valence-corrected chi connectivity index (χ2v) is 4.83. The summed E-state index contributed by atoms with van der Waals surface area (Å²) in [4.78, 5) is 12.9. The molecule has 1 amide bonds. The SMILES string of the molecule is CCc1ccsc1CNC(=O)C(N)CCOC. The number of nitrogens with two attached hydrogens (primary N) is 1. The summed E-state index contributed by atoms with van der Waals surface area (Å²) >= 11 is 1.67. The maximum absolute atomic E-state index is 11.7. The largest absolute Gasteiger partial charge is 0.385 e. The van der Waals surface area contributed by atoms with E-state index >= 15 is 0 Å². The lowest BCUT2D eigenvalue weighted by Gasteiger charge is -2.11. The number of hydrogen-bond donors (Lipinski definition) is 2. The molecule has 1 aromatic rings. The quantitative estimate of drug-likeness (QED) is 0.772. The minimum Gasteiger partial charge on any atom is -0.385 e. The van der Waals surface area contributed by atoms with Gasteiger partial charge in [0.05, 0.1) is 12.6 Å². The fourth-order valence-corrected chi connectivity index (χ4v) is 2.43. The zero-order valence-electron chi connectivity index (χ0n) is 10.4. The zero-order valence-corrected chi connectivity index (χ0v) is 11.2. The fraction of sp³-hybridized carbons (Fsp3) is 0.583. The number of ether oxygens (including phenoxy) is 1. The van der Waals surface area contributed by atoms with E-state index in [0.29, 0.717) is 19.6 Å². The smallest absolute Gasteiger partial charge is 0.237 e. The van der Waals surface area contributed by atoms with Crippen molar-refractivity contribution < 1.29 is 9.53 Å². The van der Waals surface area contributed by atoms with Gasteiger partial charge in [-0.05, 0) is 29.9 Å². The van der Waals surface area contributed by atoms with Gasteiger partial charge in [-0.3, -0.25) is 4.79 Å². The molecule has 1 aromatic heterocycles. The minimum atomic E-state index is -0.486. The number of carbonyl (C=O) groups excluding carboxylic acids is 1. The lowest BCUT2D eigenvalue weighted by molar-refractivity contribution is -0.122. The van der Waals surface area contributed by atoms with Crippen LogP contribution in [-0.4, -0.2) is 25.7 Å². The summed E-state index contributed by atoms with van der Waals surface area (Å²) in [6, 6.07) is 1.61. The molecule has 4 nitrogen and oxygen atoms in total. The number of amides is 1.